The van der Waals surface area contributed by atoms with E-state index in [9.17, 15) is 9.59 Å². The highest BCUT2D eigenvalue weighted by atomic mass is 16.2. The van der Waals surface area contributed by atoms with Crippen LogP contribution in [0.15, 0.2) is 72.9 Å². The molecule has 138 valence electrons. The molecule has 28 heavy (non-hydrogen) atoms. The molecule has 0 fully saturated rings. The summed E-state index contributed by atoms with van der Waals surface area (Å²) in [7, 11) is 0. The minimum atomic E-state index is -0.882. The Labute approximate surface area is 161 Å². The maximum absolute atomic E-state index is 12.7. The molecular weight excluding hydrogens is 354 g/mol. The lowest BCUT2D eigenvalue weighted by Gasteiger charge is -2.17. The van der Waals surface area contributed by atoms with Gasteiger partial charge in [-0.2, -0.15) is 10.4 Å². The van der Waals surface area contributed by atoms with Crippen LogP contribution in [-0.4, -0.2) is 22.0 Å². The quantitative estimate of drug-likeness (QED) is 0.579. The van der Waals surface area contributed by atoms with Crippen molar-refractivity contribution in [1.82, 2.24) is 15.5 Å². The average molecular weight is 371 g/mol. The average Bonchev–Trinajstić information content (AvgIpc) is 3.24. The third-order valence-corrected chi connectivity index (χ3v) is 3.88. The number of nitrogens with zero attached hydrogens (tertiary/aromatic N) is 2. The Bertz CT molecular complexity index is 1020. The summed E-state index contributed by atoms with van der Waals surface area (Å²) in [4.78, 5) is 25.1. The van der Waals surface area contributed by atoms with E-state index in [1.165, 1.54) is 12.3 Å². The van der Waals surface area contributed by atoms with Crippen molar-refractivity contribution >= 4 is 23.7 Å². The molecule has 3 aromatic rings. The van der Waals surface area contributed by atoms with Crippen molar-refractivity contribution in [3.8, 4) is 6.07 Å². The third kappa shape index (κ3) is 4.93. The van der Waals surface area contributed by atoms with Crippen LogP contribution in [0.2, 0.25) is 0 Å². The van der Waals surface area contributed by atoms with Crippen LogP contribution in [0.5, 0.6) is 0 Å². The molecule has 0 spiro atoms. The van der Waals surface area contributed by atoms with Gasteiger partial charge >= 0.3 is 0 Å². The van der Waals surface area contributed by atoms with Gasteiger partial charge in [0.05, 0.1) is 17.8 Å². The van der Waals surface area contributed by atoms with Gasteiger partial charge in [-0.25, -0.2) is 0 Å². The van der Waals surface area contributed by atoms with Gasteiger partial charge in [-0.15, -0.1) is 0 Å². The summed E-state index contributed by atoms with van der Waals surface area (Å²) in [5.41, 5.74) is 1.86. The van der Waals surface area contributed by atoms with Crippen LogP contribution in [0.1, 0.15) is 22.7 Å². The molecule has 7 nitrogen and oxygen atoms in total. The largest absolute Gasteiger partial charge is 0.337 e. The van der Waals surface area contributed by atoms with E-state index in [0.717, 1.165) is 0 Å². The van der Waals surface area contributed by atoms with Gasteiger partial charge in [0.2, 0.25) is 5.91 Å². The molecule has 3 rings (SSSR count). The van der Waals surface area contributed by atoms with Crippen LogP contribution in [-0.2, 0) is 9.59 Å². The lowest BCUT2D eigenvalue weighted by molar-refractivity contribution is -0.124. The van der Waals surface area contributed by atoms with E-state index in [4.69, 9.17) is 5.26 Å². The molecule has 1 atom stereocenters. The number of amides is 2. The first-order chi connectivity index (χ1) is 13.7. The fourth-order valence-corrected chi connectivity index (χ4v) is 2.55. The summed E-state index contributed by atoms with van der Waals surface area (Å²) in [5, 5.41) is 20.8. The van der Waals surface area contributed by atoms with E-state index in [2.05, 4.69) is 20.8 Å². The first-order valence-electron chi connectivity index (χ1n) is 8.49. The molecule has 0 radical (unpaired) electrons. The summed E-state index contributed by atoms with van der Waals surface area (Å²) in [5.74, 6) is -0.399. The SMILES string of the molecule is N#Cc1cccc(/C=C/C(=O)NC(C(=O)Nc2ccn[nH]2)c2ccccc2)c1. The Kier molecular flexibility index (Phi) is 5.95. The summed E-state index contributed by atoms with van der Waals surface area (Å²) < 4.78 is 0. The minimum Gasteiger partial charge on any atom is -0.337 e. The molecule has 1 aromatic heterocycles. The first-order valence-corrected chi connectivity index (χ1v) is 8.49. The molecule has 1 unspecified atom stereocenters. The first kappa shape index (κ1) is 18.6. The smallest absolute Gasteiger partial charge is 0.252 e. The number of carbonyl (C=O) groups is 2. The van der Waals surface area contributed by atoms with Crippen LogP contribution in [0.3, 0.4) is 0 Å². The molecule has 7 heteroatoms. The van der Waals surface area contributed by atoms with E-state index < -0.39 is 17.9 Å². The molecule has 0 saturated carbocycles. The molecule has 0 bridgehead atoms. The fourth-order valence-electron chi connectivity index (χ4n) is 2.55. The van der Waals surface area contributed by atoms with Gasteiger partial charge in [0.25, 0.3) is 5.91 Å². The number of anilines is 1. The zero-order valence-corrected chi connectivity index (χ0v) is 14.8. The molecule has 0 saturated heterocycles. The Morgan fingerprint density at radius 1 is 1.11 bits per heavy atom. The second-order valence-corrected chi connectivity index (χ2v) is 5.88. The van der Waals surface area contributed by atoms with E-state index in [1.807, 2.05) is 12.1 Å². The van der Waals surface area contributed by atoms with E-state index in [1.54, 1.807) is 60.7 Å². The molecule has 2 aromatic carbocycles. The molecule has 3 N–H and O–H groups in total. The highest BCUT2D eigenvalue weighted by Gasteiger charge is 2.22. The van der Waals surface area contributed by atoms with Gasteiger partial charge in [-0.1, -0.05) is 42.5 Å². The Morgan fingerprint density at radius 2 is 1.93 bits per heavy atom. The summed E-state index contributed by atoms with van der Waals surface area (Å²) >= 11 is 0. The van der Waals surface area contributed by atoms with Gasteiger partial charge in [0.15, 0.2) is 0 Å². The number of nitriles is 1. The molecule has 0 aliphatic carbocycles. The number of benzene rings is 2. The number of aromatic amines is 1. The molecule has 2 amide bonds. The predicted octanol–water partition coefficient (Wildman–Crippen LogP) is 2.79. The lowest BCUT2D eigenvalue weighted by atomic mass is 10.1. The van der Waals surface area contributed by atoms with Crippen molar-refractivity contribution in [2.75, 3.05) is 5.32 Å². The molecular formula is C21H17N5O2. The number of rotatable bonds is 6. The van der Waals surface area contributed by atoms with Gasteiger partial charge in [-0.05, 0) is 29.3 Å². The maximum Gasteiger partial charge on any atom is 0.252 e. The maximum atomic E-state index is 12.7. The second-order valence-electron chi connectivity index (χ2n) is 5.88. The fraction of sp³-hybridized carbons (Fsp3) is 0.0476. The number of H-pyrrole nitrogens is 1. The van der Waals surface area contributed by atoms with Crippen LogP contribution in [0, 0.1) is 11.3 Å². The molecule has 1 heterocycles. The summed E-state index contributed by atoms with van der Waals surface area (Å²) in [6.07, 6.45) is 4.44. The summed E-state index contributed by atoms with van der Waals surface area (Å²) in [6, 6.07) is 18.6. The monoisotopic (exact) mass is 371 g/mol. The van der Waals surface area contributed by atoms with Crippen molar-refractivity contribution < 1.29 is 9.59 Å². The molecule has 0 aliphatic heterocycles. The number of carbonyl (C=O) groups excluding carboxylic acids is 2. The zero-order chi connectivity index (χ0) is 19.8. The predicted molar refractivity (Wildman–Crippen MR) is 105 cm³/mol. The zero-order valence-electron chi connectivity index (χ0n) is 14.8. The van der Waals surface area contributed by atoms with Crippen LogP contribution in [0.4, 0.5) is 5.82 Å². The number of nitrogens with one attached hydrogen (secondary N) is 3. The van der Waals surface area contributed by atoms with E-state index >= 15 is 0 Å². The van der Waals surface area contributed by atoms with Crippen LogP contribution >= 0.6 is 0 Å². The van der Waals surface area contributed by atoms with Crippen molar-refractivity contribution in [2.24, 2.45) is 0 Å². The van der Waals surface area contributed by atoms with Crippen molar-refractivity contribution in [3.63, 3.8) is 0 Å². The highest BCUT2D eigenvalue weighted by molar-refractivity contribution is 6.00. The number of aromatic nitrogens is 2. The van der Waals surface area contributed by atoms with Gasteiger partial charge < -0.3 is 10.6 Å². The lowest BCUT2D eigenvalue weighted by Crippen LogP contribution is -2.36. The third-order valence-electron chi connectivity index (χ3n) is 3.88. The van der Waals surface area contributed by atoms with Gasteiger partial charge in [-0.3, -0.25) is 14.7 Å². The normalized spacial score (nSPS) is 11.5. The van der Waals surface area contributed by atoms with E-state index in [-0.39, 0.29) is 0 Å². The standard InChI is InChI=1S/C21H17N5O2/c22-14-16-6-4-5-15(13-16)9-10-19(27)25-20(17-7-2-1-3-8-17)21(28)24-18-11-12-23-26-18/h1-13,20H,(H,25,27)(H2,23,24,26,28)/b10-9+. The second kappa shape index (κ2) is 8.96. The number of hydrogen-bond acceptors (Lipinski definition) is 4. The summed E-state index contributed by atoms with van der Waals surface area (Å²) in [6.45, 7) is 0. The number of hydrogen-bond donors (Lipinski definition) is 3. The van der Waals surface area contributed by atoms with Crippen molar-refractivity contribution in [3.05, 3.63) is 89.6 Å². The van der Waals surface area contributed by atoms with Crippen molar-refractivity contribution in [1.29, 1.82) is 5.26 Å². The van der Waals surface area contributed by atoms with Crippen LogP contribution < -0.4 is 10.6 Å². The Morgan fingerprint density at radius 3 is 2.64 bits per heavy atom. The van der Waals surface area contributed by atoms with Crippen molar-refractivity contribution in [2.45, 2.75) is 6.04 Å². The van der Waals surface area contributed by atoms with Gasteiger partial charge in [0.1, 0.15) is 11.9 Å². The Hall–Kier alpha value is -4.18. The van der Waals surface area contributed by atoms with Gasteiger partial charge in [0, 0.05) is 12.1 Å². The highest BCUT2D eigenvalue weighted by Crippen LogP contribution is 2.15. The van der Waals surface area contributed by atoms with E-state index in [0.29, 0.717) is 22.5 Å². The Balaban J connectivity index is 1.75. The molecule has 0 aliphatic rings. The minimum absolute atomic E-state index is 0.399. The topological polar surface area (TPSA) is 111 Å². The van der Waals surface area contributed by atoms with Crippen LogP contribution in [0.25, 0.3) is 6.08 Å².